The monoisotopic (exact) mass is 365 g/mol. The van der Waals surface area contributed by atoms with E-state index in [9.17, 15) is 4.39 Å². The first kappa shape index (κ1) is 18.4. The predicted octanol–water partition coefficient (Wildman–Crippen LogP) is 4.33. The summed E-state index contributed by atoms with van der Waals surface area (Å²) in [5.74, 6) is 0.854. The van der Waals surface area contributed by atoms with E-state index in [0.717, 1.165) is 16.9 Å². The average molecular weight is 365 g/mol. The first-order valence-corrected chi connectivity index (χ1v) is 8.37. The maximum atomic E-state index is 13.5. The van der Waals surface area contributed by atoms with E-state index in [1.165, 1.54) is 25.6 Å². The number of ether oxygens (including phenoxy) is 2. The van der Waals surface area contributed by atoms with Crippen LogP contribution in [0.1, 0.15) is 5.69 Å². The van der Waals surface area contributed by atoms with E-state index in [1.54, 1.807) is 12.3 Å². The number of halogens is 1. The van der Waals surface area contributed by atoms with E-state index < -0.39 is 0 Å². The van der Waals surface area contributed by atoms with Gasteiger partial charge in [-0.05, 0) is 24.3 Å². The van der Waals surface area contributed by atoms with Crippen LogP contribution < -0.4 is 9.47 Å². The summed E-state index contributed by atoms with van der Waals surface area (Å²) in [6.45, 7) is 0.309. The lowest BCUT2D eigenvalue weighted by Crippen LogP contribution is -1.99. The highest BCUT2D eigenvalue weighted by molar-refractivity contribution is 5.68. The first-order chi connectivity index (χ1) is 13.2. The Morgan fingerprint density at radius 1 is 1.07 bits per heavy atom. The number of aromatic nitrogens is 3. The van der Waals surface area contributed by atoms with Crippen molar-refractivity contribution < 1.29 is 13.9 Å². The minimum absolute atomic E-state index is 0.309. The van der Waals surface area contributed by atoms with Crippen LogP contribution in [0.2, 0.25) is 0 Å². The number of benzene rings is 2. The average Bonchev–Trinajstić information content (AvgIpc) is 2.77. The number of aryl methyl sites for hydroxylation is 1. The molecule has 138 valence electrons. The van der Waals surface area contributed by atoms with E-state index in [-0.39, 0.29) is 5.82 Å². The Balaban J connectivity index is 1.93. The largest absolute Gasteiger partial charge is 0.496 e. The van der Waals surface area contributed by atoms with Gasteiger partial charge in [-0.3, -0.25) is 0 Å². The van der Waals surface area contributed by atoms with Crippen molar-refractivity contribution in [2.45, 2.75) is 6.61 Å². The van der Waals surface area contributed by atoms with Gasteiger partial charge >= 0.3 is 0 Å². The highest BCUT2D eigenvalue weighted by atomic mass is 19.1. The molecule has 0 amide bonds. The Morgan fingerprint density at radius 2 is 1.89 bits per heavy atom. The SMILES string of the molecule is COc1cc(F)ccc1-c1cncnc(COc2ccccc2)cn(C)c1. The van der Waals surface area contributed by atoms with Crippen LogP contribution in [0, 0.1) is 5.82 Å². The van der Waals surface area contributed by atoms with Gasteiger partial charge in [-0.15, -0.1) is 0 Å². The normalized spacial score (nSPS) is 10.2. The Labute approximate surface area is 157 Å². The molecule has 2 aromatic carbocycles. The van der Waals surface area contributed by atoms with E-state index >= 15 is 0 Å². The molecule has 0 aliphatic carbocycles. The molecule has 1 heterocycles. The molecule has 0 aliphatic heterocycles. The molecule has 0 saturated heterocycles. The molecule has 0 spiro atoms. The summed E-state index contributed by atoms with van der Waals surface area (Å²) in [6.07, 6.45) is 6.84. The zero-order chi connectivity index (χ0) is 19.1. The minimum atomic E-state index is -0.355. The fraction of sp³-hybridized carbons (Fsp3) is 0.143. The molecule has 1 aromatic heterocycles. The highest BCUT2D eigenvalue weighted by Crippen LogP contribution is 2.29. The van der Waals surface area contributed by atoms with Crippen LogP contribution in [-0.2, 0) is 13.7 Å². The molecule has 0 aliphatic rings. The molecular weight excluding hydrogens is 345 g/mol. The molecule has 0 atom stereocenters. The van der Waals surface area contributed by atoms with Crippen molar-refractivity contribution in [1.29, 1.82) is 0 Å². The third-order valence-electron chi connectivity index (χ3n) is 3.80. The zero-order valence-corrected chi connectivity index (χ0v) is 15.2. The number of nitrogens with zero attached hydrogens (tertiary/aromatic N) is 3. The lowest BCUT2D eigenvalue weighted by Gasteiger charge is -2.08. The van der Waals surface area contributed by atoms with Crippen molar-refractivity contribution in [3.8, 4) is 22.6 Å². The molecule has 0 saturated carbocycles. The van der Waals surface area contributed by atoms with Crippen LogP contribution in [0.15, 0.2) is 73.4 Å². The van der Waals surface area contributed by atoms with Crippen LogP contribution >= 0.6 is 0 Å². The molecule has 27 heavy (non-hydrogen) atoms. The second kappa shape index (κ2) is 8.80. The molecule has 3 aromatic rings. The van der Waals surface area contributed by atoms with Gasteiger partial charge in [-0.25, -0.2) is 14.4 Å². The van der Waals surface area contributed by atoms with Gasteiger partial charge in [-0.2, -0.15) is 0 Å². The van der Waals surface area contributed by atoms with Crippen molar-refractivity contribution >= 4 is 0 Å². The number of hydrogen-bond donors (Lipinski definition) is 0. The summed E-state index contributed by atoms with van der Waals surface area (Å²) in [5, 5.41) is 0. The first-order valence-electron chi connectivity index (χ1n) is 8.37. The summed E-state index contributed by atoms with van der Waals surface area (Å²) >= 11 is 0. The second-order valence-corrected chi connectivity index (χ2v) is 5.84. The van der Waals surface area contributed by atoms with Crippen molar-refractivity contribution in [3.63, 3.8) is 0 Å². The molecule has 0 unspecified atom stereocenters. The van der Waals surface area contributed by atoms with E-state index in [1.807, 2.05) is 54.3 Å². The molecule has 0 bridgehead atoms. The van der Waals surface area contributed by atoms with Crippen LogP contribution in [-0.4, -0.2) is 21.6 Å². The van der Waals surface area contributed by atoms with Crippen LogP contribution in [0.5, 0.6) is 11.5 Å². The quantitative estimate of drug-likeness (QED) is 0.675. The minimum Gasteiger partial charge on any atom is -0.496 e. The topological polar surface area (TPSA) is 49.2 Å². The second-order valence-electron chi connectivity index (χ2n) is 5.84. The van der Waals surface area contributed by atoms with Crippen LogP contribution in [0.25, 0.3) is 11.1 Å². The Morgan fingerprint density at radius 3 is 2.67 bits per heavy atom. The molecule has 6 heteroatoms. The van der Waals surface area contributed by atoms with E-state index in [0.29, 0.717) is 18.1 Å². The van der Waals surface area contributed by atoms with Gasteiger partial charge in [-0.1, -0.05) is 18.2 Å². The fourth-order valence-corrected chi connectivity index (χ4v) is 2.57. The summed E-state index contributed by atoms with van der Waals surface area (Å²) in [4.78, 5) is 8.57. The lowest BCUT2D eigenvalue weighted by molar-refractivity contribution is 0.300. The van der Waals surface area contributed by atoms with Gasteiger partial charge in [0, 0.05) is 42.8 Å². The molecule has 5 nitrogen and oxygen atoms in total. The van der Waals surface area contributed by atoms with Gasteiger partial charge in [0.1, 0.15) is 30.3 Å². The third kappa shape index (κ3) is 5.04. The maximum absolute atomic E-state index is 13.5. The van der Waals surface area contributed by atoms with Gasteiger partial charge in [0.05, 0.1) is 12.8 Å². The Bertz CT molecular complexity index is 957. The molecule has 0 N–H and O–H groups in total. The van der Waals surface area contributed by atoms with Gasteiger partial charge < -0.3 is 14.0 Å². The molecular formula is C21H20FN3O2. The zero-order valence-electron chi connectivity index (χ0n) is 15.2. The number of para-hydroxylation sites is 1. The highest BCUT2D eigenvalue weighted by Gasteiger charge is 2.07. The van der Waals surface area contributed by atoms with Crippen molar-refractivity contribution in [3.05, 3.63) is 85.0 Å². The summed E-state index contributed by atoms with van der Waals surface area (Å²) in [6, 6.07) is 13.9. The number of methoxy groups -OCH3 is 1. The predicted molar refractivity (Wildman–Crippen MR) is 101 cm³/mol. The maximum Gasteiger partial charge on any atom is 0.132 e. The standard InChI is InChI=1S/C21H20FN3O2/c1-25-12-16(20-9-8-17(22)10-21(20)26-2)11-23-15-24-18(13-25)14-27-19-6-4-3-5-7-19/h3-13,15H,14H2,1-2H3. The third-order valence-corrected chi connectivity index (χ3v) is 3.80. The van der Waals surface area contributed by atoms with Gasteiger partial charge in [0.2, 0.25) is 0 Å². The van der Waals surface area contributed by atoms with Crippen molar-refractivity contribution in [2.24, 2.45) is 7.05 Å². The van der Waals surface area contributed by atoms with Gasteiger partial charge in [0.15, 0.2) is 0 Å². The van der Waals surface area contributed by atoms with Crippen LogP contribution in [0.4, 0.5) is 4.39 Å². The summed E-state index contributed by atoms with van der Waals surface area (Å²) < 4.78 is 26.4. The fourth-order valence-electron chi connectivity index (χ4n) is 2.57. The molecule has 3 rings (SSSR count). The summed E-state index contributed by atoms with van der Waals surface area (Å²) in [7, 11) is 3.39. The summed E-state index contributed by atoms with van der Waals surface area (Å²) in [5.41, 5.74) is 2.21. The Hall–Kier alpha value is -3.41. The van der Waals surface area contributed by atoms with E-state index in [4.69, 9.17) is 9.47 Å². The van der Waals surface area contributed by atoms with Crippen molar-refractivity contribution in [2.75, 3.05) is 7.11 Å². The smallest absolute Gasteiger partial charge is 0.132 e. The Kier molecular flexibility index (Phi) is 5.99. The van der Waals surface area contributed by atoms with Crippen molar-refractivity contribution in [1.82, 2.24) is 14.5 Å². The molecule has 0 fully saturated rings. The van der Waals surface area contributed by atoms with E-state index in [2.05, 4.69) is 9.97 Å². The lowest BCUT2D eigenvalue weighted by atomic mass is 10.1. The van der Waals surface area contributed by atoms with Crippen LogP contribution in [0.3, 0.4) is 0 Å². The number of rotatable bonds is 5. The van der Waals surface area contributed by atoms with Gasteiger partial charge in [0.25, 0.3) is 0 Å². The number of hydrogen-bond acceptors (Lipinski definition) is 4. The molecule has 0 radical (unpaired) electrons.